The normalized spacial score (nSPS) is 11.4. The Balaban J connectivity index is 1.09. The highest BCUT2D eigenvalue weighted by atomic mass is 14.8. The number of pyridine rings is 3. The summed E-state index contributed by atoms with van der Waals surface area (Å²) >= 11 is 0. The molecule has 3 nitrogen and oxygen atoms in total. The van der Waals surface area contributed by atoms with Crippen LogP contribution in [0.2, 0.25) is 0 Å². The molecule has 0 amide bonds. The lowest BCUT2D eigenvalue weighted by atomic mass is 9.84. The van der Waals surface area contributed by atoms with Gasteiger partial charge in [-0.2, -0.15) is 0 Å². The second-order valence-corrected chi connectivity index (χ2v) is 14.8. The molecule has 0 saturated carbocycles. The van der Waals surface area contributed by atoms with Gasteiger partial charge in [0.1, 0.15) is 0 Å². The van der Waals surface area contributed by atoms with Crippen molar-refractivity contribution < 1.29 is 0 Å². The standard InChI is InChI=1S/C55H35N3/c1-3-13-40-31-43(25-23-36(40)11-1)54-46-15-5-6-16-47(46)55(44-26-24-37-12-2-4-14-41(37)32-44)49-33-42(27-28-48(49)54)38-19-21-39(22-20-38)45-34-52(50-17-7-9-29-56-50)58-53(35-45)51-18-8-10-30-57-51/h1-35H. The van der Waals surface area contributed by atoms with Gasteiger partial charge in [0.2, 0.25) is 0 Å². The fraction of sp³-hybridized carbons (Fsp3) is 0. The van der Waals surface area contributed by atoms with Gasteiger partial charge in [0.25, 0.3) is 0 Å². The van der Waals surface area contributed by atoms with Crippen molar-refractivity contribution in [1.82, 2.24) is 15.0 Å². The smallest absolute Gasteiger partial charge is 0.0900 e. The first-order valence-electron chi connectivity index (χ1n) is 19.7. The molecule has 0 aliphatic rings. The van der Waals surface area contributed by atoms with E-state index in [1.807, 2.05) is 48.8 Å². The van der Waals surface area contributed by atoms with Gasteiger partial charge in [0.15, 0.2) is 0 Å². The molecular formula is C55H35N3. The fourth-order valence-electron chi connectivity index (χ4n) is 8.51. The zero-order valence-corrected chi connectivity index (χ0v) is 31.5. The van der Waals surface area contributed by atoms with Gasteiger partial charge in [-0.15, -0.1) is 0 Å². The lowest BCUT2D eigenvalue weighted by Gasteiger charge is -2.19. The Morgan fingerprint density at radius 1 is 0.241 bits per heavy atom. The number of aromatic nitrogens is 3. The number of benzene rings is 8. The maximum absolute atomic E-state index is 4.98. The molecule has 0 N–H and O–H groups in total. The van der Waals surface area contributed by atoms with Crippen molar-refractivity contribution in [3.05, 3.63) is 213 Å². The van der Waals surface area contributed by atoms with Crippen molar-refractivity contribution >= 4 is 43.1 Å². The van der Waals surface area contributed by atoms with Crippen LogP contribution in [0.15, 0.2) is 213 Å². The van der Waals surface area contributed by atoms with Crippen LogP contribution >= 0.6 is 0 Å². The molecule has 0 unspecified atom stereocenters. The molecule has 0 aliphatic carbocycles. The first kappa shape index (κ1) is 33.6. The van der Waals surface area contributed by atoms with Gasteiger partial charge in [0.05, 0.1) is 22.8 Å². The summed E-state index contributed by atoms with van der Waals surface area (Å²) in [5.74, 6) is 0. The van der Waals surface area contributed by atoms with Crippen LogP contribution in [0, 0.1) is 0 Å². The van der Waals surface area contributed by atoms with E-state index in [9.17, 15) is 0 Å². The molecule has 0 fully saturated rings. The molecule has 0 spiro atoms. The van der Waals surface area contributed by atoms with E-state index in [0.717, 1.165) is 39.5 Å². The van der Waals surface area contributed by atoms with E-state index in [1.54, 1.807) is 0 Å². The van der Waals surface area contributed by atoms with Gasteiger partial charge in [0, 0.05) is 12.4 Å². The third kappa shape index (κ3) is 5.98. The highest BCUT2D eigenvalue weighted by molar-refractivity contribution is 6.22. The second-order valence-electron chi connectivity index (χ2n) is 14.8. The van der Waals surface area contributed by atoms with E-state index in [0.29, 0.717) is 0 Å². The van der Waals surface area contributed by atoms with Crippen LogP contribution in [0.3, 0.4) is 0 Å². The Morgan fingerprint density at radius 2 is 0.672 bits per heavy atom. The van der Waals surface area contributed by atoms with Crippen molar-refractivity contribution in [1.29, 1.82) is 0 Å². The van der Waals surface area contributed by atoms with Crippen molar-refractivity contribution in [3.8, 4) is 67.3 Å². The molecule has 58 heavy (non-hydrogen) atoms. The highest BCUT2D eigenvalue weighted by Crippen LogP contribution is 2.46. The topological polar surface area (TPSA) is 38.7 Å². The van der Waals surface area contributed by atoms with Gasteiger partial charge in [-0.25, -0.2) is 4.98 Å². The average molecular weight is 738 g/mol. The van der Waals surface area contributed by atoms with Crippen molar-refractivity contribution in [2.24, 2.45) is 0 Å². The molecule has 0 atom stereocenters. The molecule has 0 saturated heterocycles. The molecule has 0 bridgehead atoms. The molecule has 3 heterocycles. The minimum atomic E-state index is 0.813. The average Bonchev–Trinajstić information content (AvgIpc) is 3.30. The largest absolute Gasteiger partial charge is 0.255 e. The summed E-state index contributed by atoms with van der Waals surface area (Å²) in [7, 11) is 0. The number of hydrogen-bond acceptors (Lipinski definition) is 3. The van der Waals surface area contributed by atoms with Crippen LogP contribution in [0.25, 0.3) is 110 Å². The second kappa shape index (κ2) is 14.1. The number of fused-ring (bicyclic) bond motifs is 4. The minimum absolute atomic E-state index is 0.813. The monoisotopic (exact) mass is 737 g/mol. The first-order valence-corrected chi connectivity index (χ1v) is 19.7. The molecule has 270 valence electrons. The van der Waals surface area contributed by atoms with E-state index >= 15 is 0 Å². The minimum Gasteiger partial charge on any atom is -0.255 e. The fourth-order valence-corrected chi connectivity index (χ4v) is 8.51. The Kier molecular flexibility index (Phi) is 8.15. The van der Waals surface area contributed by atoms with E-state index in [2.05, 4.69) is 174 Å². The quantitative estimate of drug-likeness (QED) is 0.160. The molecule has 11 rings (SSSR count). The van der Waals surface area contributed by atoms with Gasteiger partial charge < -0.3 is 0 Å². The summed E-state index contributed by atoms with van der Waals surface area (Å²) in [6, 6.07) is 71.9. The first-order chi connectivity index (χ1) is 28.7. The van der Waals surface area contributed by atoms with Crippen LogP contribution in [0.1, 0.15) is 0 Å². The summed E-state index contributed by atoms with van der Waals surface area (Å²) in [6.07, 6.45) is 3.61. The number of rotatable bonds is 6. The summed E-state index contributed by atoms with van der Waals surface area (Å²) in [6.45, 7) is 0. The van der Waals surface area contributed by atoms with Gasteiger partial charge in [-0.05, 0) is 142 Å². The molecule has 11 aromatic rings. The predicted octanol–water partition coefficient (Wildman–Crippen LogP) is 14.5. The van der Waals surface area contributed by atoms with Crippen molar-refractivity contribution in [3.63, 3.8) is 0 Å². The van der Waals surface area contributed by atoms with Gasteiger partial charge in [-0.1, -0.05) is 146 Å². The van der Waals surface area contributed by atoms with E-state index in [-0.39, 0.29) is 0 Å². The predicted molar refractivity (Wildman–Crippen MR) is 242 cm³/mol. The number of hydrogen-bond donors (Lipinski definition) is 0. The Morgan fingerprint density at radius 3 is 1.21 bits per heavy atom. The van der Waals surface area contributed by atoms with E-state index in [4.69, 9.17) is 4.98 Å². The molecule has 0 radical (unpaired) electrons. The maximum atomic E-state index is 4.98. The maximum Gasteiger partial charge on any atom is 0.0900 e. The zero-order chi connectivity index (χ0) is 38.4. The van der Waals surface area contributed by atoms with Crippen LogP contribution < -0.4 is 0 Å². The summed E-state index contributed by atoms with van der Waals surface area (Å²) in [5.41, 5.74) is 12.7. The van der Waals surface area contributed by atoms with Crippen LogP contribution in [0.4, 0.5) is 0 Å². The van der Waals surface area contributed by atoms with Crippen molar-refractivity contribution in [2.75, 3.05) is 0 Å². The Bertz CT molecular complexity index is 3260. The Hall–Kier alpha value is -7.75. The zero-order valence-electron chi connectivity index (χ0n) is 31.5. The Labute approximate surface area is 336 Å². The van der Waals surface area contributed by atoms with E-state index < -0.39 is 0 Å². The third-order valence-electron chi connectivity index (χ3n) is 11.3. The van der Waals surface area contributed by atoms with Gasteiger partial charge in [-0.3, -0.25) is 9.97 Å². The van der Waals surface area contributed by atoms with Crippen molar-refractivity contribution in [2.45, 2.75) is 0 Å². The molecular weight excluding hydrogens is 703 g/mol. The molecule has 3 aromatic heterocycles. The van der Waals surface area contributed by atoms with Gasteiger partial charge >= 0.3 is 0 Å². The molecule has 3 heteroatoms. The van der Waals surface area contributed by atoms with E-state index in [1.165, 1.54) is 70.9 Å². The molecule has 8 aromatic carbocycles. The summed E-state index contributed by atoms with van der Waals surface area (Å²) < 4.78 is 0. The third-order valence-corrected chi connectivity index (χ3v) is 11.3. The molecule has 0 aliphatic heterocycles. The lowest BCUT2D eigenvalue weighted by Crippen LogP contribution is -1.94. The number of nitrogens with zero attached hydrogens (tertiary/aromatic N) is 3. The summed E-state index contributed by atoms with van der Waals surface area (Å²) in [5, 5.41) is 9.90. The van der Waals surface area contributed by atoms with Crippen LogP contribution in [-0.2, 0) is 0 Å². The lowest BCUT2D eigenvalue weighted by molar-refractivity contribution is 1.22. The SMILES string of the molecule is c1ccc(-c2cc(-c3ccc(-c4ccc5c(-c6ccc7ccccc7c6)c6ccccc6c(-c6ccc7ccccc7c6)c5c4)cc3)cc(-c3ccccn3)n2)nc1. The summed E-state index contributed by atoms with van der Waals surface area (Å²) in [4.78, 5) is 14.2. The van der Waals surface area contributed by atoms with Crippen LogP contribution in [0.5, 0.6) is 0 Å². The highest BCUT2D eigenvalue weighted by Gasteiger charge is 2.19. The van der Waals surface area contributed by atoms with Crippen LogP contribution in [-0.4, -0.2) is 15.0 Å².